The third-order valence-corrected chi connectivity index (χ3v) is 3.46. The van der Waals surface area contributed by atoms with E-state index in [1.165, 1.54) is 11.3 Å². The lowest BCUT2D eigenvalue weighted by Gasteiger charge is -2.10. The van der Waals surface area contributed by atoms with E-state index in [9.17, 15) is 4.79 Å². The molecule has 0 aliphatic rings. The molecule has 0 aliphatic heterocycles. The first kappa shape index (κ1) is 17.7. The summed E-state index contributed by atoms with van der Waals surface area (Å²) < 4.78 is 5.41. The van der Waals surface area contributed by atoms with Gasteiger partial charge in [0, 0.05) is 25.1 Å². The van der Waals surface area contributed by atoms with Crippen LogP contribution >= 0.6 is 11.3 Å². The van der Waals surface area contributed by atoms with Gasteiger partial charge in [0.05, 0.1) is 19.8 Å². The van der Waals surface area contributed by atoms with Crippen LogP contribution in [-0.4, -0.2) is 62.9 Å². The second-order valence-electron chi connectivity index (χ2n) is 4.61. The van der Waals surface area contributed by atoms with Crippen molar-refractivity contribution in [3.05, 3.63) is 21.9 Å². The smallest absolute Gasteiger partial charge is 0.262 e. The van der Waals surface area contributed by atoms with E-state index in [0.29, 0.717) is 36.6 Å². The van der Waals surface area contributed by atoms with Crippen LogP contribution in [0.4, 0.5) is 0 Å². The van der Waals surface area contributed by atoms with E-state index in [-0.39, 0.29) is 12.5 Å². The maximum Gasteiger partial charge on any atom is 0.262 e. The SMILES string of the molecule is CN(C)CCOCCNC(=O)c1sccc1C#CCCO. The quantitative estimate of drug-likeness (QED) is 0.550. The average Bonchev–Trinajstić information content (AvgIpc) is 2.91. The minimum atomic E-state index is -0.130. The first-order valence-corrected chi connectivity index (χ1v) is 7.71. The van der Waals surface area contributed by atoms with Crippen molar-refractivity contribution < 1.29 is 14.6 Å². The molecule has 116 valence electrons. The van der Waals surface area contributed by atoms with Crippen LogP contribution in [0, 0.1) is 11.8 Å². The third kappa shape index (κ3) is 7.25. The van der Waals surface area contributed by atoms with Crippen molar-refractivity contribution in [1.29, 1.82) is 0 Å². The van der Waals surface area contributed by atoms with Gasteiger partial charge in [-0.3, -0.25) is 4.79 Å². The van der Waals surface area contributed by atoms with Crippen molar-refractivity contribution in [3.63, 3.8) is 0 Å². The fraction of sp³-hybridized carbons (Fsp3) is 0.533. The first-order chi connectivity index (χ1) is 10.1. The molecule has 5 nitrogen and oxygen atoms in total. The van der Waals surface area contributed by atoms with Crippen LogP contribution in [-0.2, 0) is 4.74 Å². The summed E-state index contributed by atoms with van der Waals surface area (Å²) >= 11 is 1.36. The van der Waals surface area contributed by atoms with E-state index in [0.717, 1.165) is 6.54 Å². The minimum absolute atomic E-state index is 0.0307. The van der Waals surface area contributed by atoms with Gasteiger partial charge in [-0.05, 0) is 25.5 Å². The summed E-state index contributed by atoms with van der Waals surface area (Å²) in [5.41, 5.74) is 0.708. The number of rotatable bonds is 8. The van der Waals surface area contributed by atoms with Crippen LogP contribution in [0.3, 0.4) is 0 Å². The lowest BCUT2D eigenvalue weighted by Crippen LogP contribution is -2.28. The molecule has 0 saturated carbocycles. The molecule has 0 fully saturated rings. The molecule has 0 saturated heterocycles. The number of ether oxygens (including phenoxy) is 1. The molecule has 0 radical (unpaired) electrons. The van der Waals surface area contributed by atoms with Gasteiger partial charge >= 0.3 is 0 Å². The van der Waals surface area contributed by atoms with Gasteiger partial charge in [-0.2, -0.15) is 0 Å². The highest BCUT2D eigenvalue weighted by atomic mass is 32.1. The number of amides is 1. The van der Waals surface area contributed by atoms with Gasteiger partial charge < -0.3 is 20.1 Å². The van der Waals surface area contributed by atoms with E-state index < -0.39 is 0 Å². The molecule has 21 heavy (non-hydrogen) atoms. The zero-order chi connectivity index (χ0) is 15.5. The van der Waals surface area contributed by atoms with Crippen molar-refractivity contribution in [1.82, 2.24) is 10.2 Å². The predicted octanol–water partition coefficient (Wildman–Crippen LogP) is 0.790. The van der Waals surface area contributed by atoms with Gasteiger partial charge in [-0.25, -0.2) is 0 Å². The Bertz CT molecular complexity index is 489. The van der Waals surface area contributed by atoms with Crippen molar-refractivity contribution >= 4 is 17.2 Å². The van der Waals surface area contributed by atoms with E-state index >= 15 is 0 Å². The monoisotopic (exact) mass is 310 g/mol. The van der Waals surface area contributed by atoms with E-state index in [4.69, 9.17) is 9.84 Å². The van der Waals surface area contributed by atoms with E-state index in [1.54, 1.807) is 0 Å². The number of aliphatic hydroxyl groups excluding tert-OH is 1. The summed E-state index contributed by atoms with van der Waals surface area (Å²) in [7, 11) is 3.97. The number of likely N-dealkylation sites (N-methyl/N-ethyl adjacent to an activating group) is 1. The summed E-state index contributed by atoms with van der Waals surface area (Å²) in [5.74, 6) is 5.60. The van der Waals surface area contributed by atoms with Crippen LogP contribution in [0.5, 0.6) is 0 Å². The molecular weight excluding hydrogens is 288 g/mol. The van der Waals surface area contributed by atoms with Crippen LogP contribution in [0.15, 0.2) is 11.4 Å². The Morgan fingerprint density at radius 2 is 2.29 bits per heavy atom. The highest BCUT2D eigenvalue weighted by molar-refractivity contribution is 7.12. The molecule has 0 bridgehead atoms. The topological polar surface area (TPSA) is 61.8 Å². The predicted molar refractivity (Wildman–Crippen MR) is 84.6 cm³/mol. The maximum atomic E-state index is 12.0. The Morgan fingerprint density at radius 3 is 3.00 bits per heavy atom. The normalized spacial score (nSPS) is 10.3. The average molecular weight is 310 g/mol. The van der Waals surface area contributed by atoms with Gasteiger partial charge in [0.1, 0.15) is 4.88 Å². The molecule has 1 heterocycles. The Labute approximate surface area is 129 Å². The summed E-state index contributed by atoms with van der Waals surface area (Å²) in [4.78, 5) is 14.7. The number of nitrogens with zero attached hydrogens (tertiary/aromatic N) is 1. The fourth-order valence-corrected chi connectivity index (χ4v) is 2.23. The molecule has 1 rings (SSSR count). The number of carbonyl (C=O) groups is 1. The van der Waals surface area contributed by atoms with Gasteiger partial charge in [-0.15, -0.1) is 11.3 Å². The molecule has 1 amide bonds. The zero-order valence-electron chi connectivity index (χ0n) is 12.5. The Hall–Kier alpha value is -1.39. The molecule has 0 aromatic carbocycles. The first-order valence-electron chi connectivity index (χ1n) is 6.83. The van der Waals surface area contributed by atoms with Gasteiger partial charge in [0.15, 0.2) is 0 Å². The van der Waals surface area contributed by atoms with Gasteiger partial charge in [0.25, 0.3) is 5.91 Å². The lowest BCUT2D eigenvalue weighted by atomic mass is 10.2. The molecule has 0 spiro atoms. The molecule has 2 N–H and O–H groups in total. The van der Waals surface area contributed by atoms with Crippen molar-refractivity contribution in [2.24, 2.45) is 0 Å². The standard InChI is InChI=1S/C15H22N2O3S/c1-17(2)8-11-20-10-7-16-15(19)14-13(6-12-21-14)5-3-4-9-18/h6,12,18H,4,7-11H2,1-2H3,(H,16,19). The minimum Gasteiger partial charge on any atom is -0.395 e. The summed E-state index contributed by atoms with van der Waals surface area (Å²) in [6, 6.07) is 1.82. The fourth-order valence-electron chi connectivity index (χ4n) is 1.46. The summed E-state index contributed by atoms with van der Waals surface area (Å²) in [6.07, 6.45) is 0.413. The summed E-state index contributed by atoms with van der Waals surface area (Å²) in [5, 5.41) is 13.4. The second-order valence-corrected chi connectivity index (χ2v) is 5.53. The Kier molecular flexibility index (Phi) is 8.71. The molecular formula is C15H22N2O3S. The molecule has 0 aliphatic carbocycles. The lowest BCUT2D eigenvalue weighted by molar-refractivity contribution is 0.0903. The van der Waals surface area contributed by atoms with Gasteiger partial charge in [0.2, 0.25) is 0 Å². The van der Waals surface area contributed by atoms with Crippen LogP contribution in [0.25, 0.3) is 0 Å². The van der Waals surface area contributed by atoms with Gasteiger partial charge in [-0.1, -0.05) is 11.8 Å². The molecule has 1 aromatic rings. The van der Waals surface area contributed by atoms with Crippen molar-refractivity contribution in [3.8, 4) is 11.8 Å². The number of aliphatic hydroxyl groups is 1. The number of nitrogens with one attached hydrogen (secondary N) is 1. The number of thiophene rings is 1. The highest BCUT2D eigenvalue weighted by Crippen LogP contribution is 2.15. The summed E-state index contributed by atoms with van der Waals surface area (Å²) in [6.45, 7) is 2.52. The number of hydrogen-bond acceptors (Lipinski definition) is 5. The van der Waals surface area contributed by atoms with Crippen molar-refractivity contribution in [2.75, 3.05) is 47.0 Å². The van der Waals surface area contributed by atoms with Crippen molar-refractivity contribution in [2.45, 2.75) is 6.42 Å². The molecule has 6 heteroatoms. The molecule has 0 unspecified atom stereocenters. The molecule has 0 atom stereocenters. The Morgan fingerprint density at radius 1 is 1.48 bits per heavy atom. The van der Waals surface area contributed by atoms with Crippen LogP contribution in [0.1, 0.15) is 21.7 Å². The van der Waals surface area contributed by atoms with Crippen LogP contribution < -0.4 is 5.32 Å². The highest BCUT2D eigenvalue weighted by Gasteiger charge is 2.11. The van der Waals surface area contributed by atoms with E-state index in [2.05, 4.69) is 17.2 Å². The molecule has 1 aromatic heterocycles. The number of carbonyl (C=O) groups excluding carboxylic acids is 1. The second kappa shape index (κ2) is 10.4. The van der Waals surface area contributed by atoms with Crippen LogP contribution in [0.2, 0.25) is 0 Å². The number of hydrogen-bond donors (Lipinski definition) is 2. The Balaban J connectivity index is 2.33. The largest absolute Gasteiger partial charge is 0.395 e. The zero-order valence-corrected chi connectivity index (χ0v) is 13.3. The maximum absolute atomic E-state index is 12.0. The third-order valence-electron chi connectivity index (χ3n) is 2.55. The van der Waals surface area contributed by atoms with E-state index in [1.807, 2.05) is 30.4 Å².